The van der Waals surface area contributed by atoms with Crippen molar-refractivity contribution in [3.8, 4) is 11.5 Å². The maximum Gasteiger partial charge on any atom is 0.123 e. The Hall–Kier alpha value is -1.23. The Morgan fingerprint density at radius 3 is 2.67 bits per heavy atom. The van der Waals surface area contributed by atoms with Crippen molar-refractivity contribution in [3.05, 3.63) is 44.6 Å². The third kappa shape index (κ3) is 2.61. The van der Waals surface area contributed by atoms with E-state index in [9.17, 15) is 0 Å². The Balaban J connectivity index is 1.74. The third-order valence-electron chi connectivity index (χ3n) is 5.20. The lowest BCUT2D eigenvalue weighted by Gasteiger charge is -2.41. The second-order valence-electron chi connectivity index (χ2n) is 6.40. The monoisotopic (exact) mass is 363 g/mol. The maximum atomic E-state index is 5.94. The summed E-state index contributed by atoms with van der Waals surface area (Å²) in [6.07, 6.45) is 3.10. The highest BCUT2D eigenvalue weighted by atomic mass is 35.5. The highest BCUT2D eigenvalue weighted by Crippen LogP contribution is 2.45. The van der Waals surface area contributed by atoms with Crippen LogP contribution >= 0.6 is 22.9 Å². The highest BCUT2D eigenvalue weighted by Gasteiger charge is 2.35. The van der Waals surface area contributed by atoms with Crippen LogP contribution in [0.2, 0.25) is 0 Å². The molecule has 0 aliphatic carbocycles. The van der Waals surface area contributed by atoms with Crippen molar-refractivity contribution in [2.45, 2.75) is 31.8 Å². The number of thiophene rings is 1. The van der Waals surface area contributed by atoms with E-state index in [2.05, 4.69) is 11.0 Å². The van der Waals surface area contributed by atoms with Crippen LogP contribution in [-0.2, 0) is 25.8 Å². The Morgan fingerprint density at radius 1 is 1.21 bits per heavy atom. The molecular weight excluding hydrogens is 342 g/mol. The van der Waals surface area contributed by atoms with Gasteiger partial charge in [-0.25, -0.2) is 0 Å². The number of aryl methyl sites for hydroxylation is 1. The van der Waals surface area contributed by atoms with Crippen molar-refractivity contribution in [2.24, 2.45) is 0 Å². The Kier molecular flexibility index (Phi) is 4.46. The van der Waals surface area contributed by atoms with Gasteiger partial charge in [0.25, 0.3) is 0 Å². The van der Waals surface area contributed by atoms with Crippen LogP contribution in [0.1, 0.15) is 32.5 Å². The van der Waals surface area contributed by atoms with E-state index in [1.807, 2.05) is 23.5 Å². The first-order valence-electron chi connectivity index (χ1n) is 8.39. The molecule has 1 aromatic heterocycles. The number of ether oxygens (including phenoxy) is 2. The molecule has 1 atom stereocenters. The predicted octanol–water partition coefficient (Wildman–Crippen LogP) is 4.20. The van der Waals surface area contributed by atoms with Crippen molar-refractivity contribution >= 4 is 22.9 Å². The summed E-state index contributed by atoms with van der Waals surface area (Å²) >= 11 is 7.89. The quantitative estimate of drug-likeness (QED) is 0.760. The molecular formula is C19H22ClNO2S. The molecule has 128 valence electrons. The van der Waals surface area contributed by atoms with Gasteiger partial charge in [-0.2, -0.15) is 0 Å². The number of hydrogen-bond acceptors (Lipinski definition) is 4. The van der Waals surface area contributed by atoms with Crippen molar-refractivity contribution in [2.75, 3.05) is 26.6 Å². The summed E-state index contributed by atoms with van der Waals surface area (Å²) in [5.41, 5.74) is 4.09. The first-order valence-corrected chi connectivity index (χ1v) is 9.74. The van der Waals surface area contributed by atoms with E-state index in [0.717, 1.165) is 43.9 Å². The molecule has 24 heavy (non-hydrogen) atoms. The van der Waals surface area contributed by atoms with Gasteiger partial charge < -0.3 is 9.47 Å². The fourth-order valence-corrected chi connectivity index (χ4v) is 5.57. The molecule has 2 aromatic rings. The van der Waals surface area contributed by atoms with Gasteiger partial charge in [0, 0.05) is 45.9 Å². The Morgan fingerprint density at radius 2 is 1.96 bits per heavy atom. The number of hydrogen-bond donors (Lipinski definition) is 0. The number of fused-ring (bicyclic) bond motifs is 4. The molecule has 5 heteroatoms. The Labute approximate surface area is 152 Å². The molecule has 0 N–H and O–H groups in total. The highest BCUT2D eigenvalue weighted by molar-refractivity contribution is 7.12. The van der Waals surface area contributed by atoms with Crippen LogP contribution in [0.15, 0.2) is 18.2 Å². The molecule has 0 amide bonds. The number of methoxy groups -OCH3 is 2. The molecule has 0 fully saturated rings. The number of alkyl halides is 1. The van der Waals surface area contributed by atoms with Crippen molar-refractivity contribution in [1.82, 2.24) is 4.90 Å². The van der Waals surface area contributed by atoms with Gasteiger partial charge in [0.2, 0.25) is 0 Å². The topological polar surface area (TPSA) is 21.7 Å². The summed E-state index contributed by atoms with van der Waals surface area (Å²) in [5.74, 6) is 2.65. The zero-order valence-corrected chi connectivity index (χ0v) is 15.7. The number of nitrogens with zero attached hydrogens (tertiary/aromatic N) is 1. The summed E-state index contributed by atoms with van der Waals surface area (Å²) in [7, 11) is 3.50. The van der Waals surface area contributed by atoms with E-state index in [4.69, 9.17) is 21.1 Å². The third-order valence-corrected chi connectivity index (χ3v) is 6.66. The fraction of sp³-hybridized carbons (Fsp3) is 0.474. The SMILES string of the molecule is COc1ccc(OC)c2c1CC1c3cc(CCCl)sc3CCN1C2. The standard InChI is InChI=1S/C19H22ClNO2S/c1-22-17-3-4-18(23-2)15-11-21-8-6-19-14(16(21)10-13(15)17)9-12(24-19)5-7-20/h3-4,9,16H,5-8,10-11H2,1-2H3. The van der Waals surface area contributed by atoms with Gasteiger partial charge in [0.15, 0.2) is 0 Å². The van der Waals surface area contributed by atoms with Gasteiger partial charge in [0.05, 0.1) is 14.2 Å². The smallest absolute Gasteiger partial charge is 0.123 e. The van der Waals surface area contributed by atoms with Crippen molar-refractivity contribution in [3.63, 3.8) is 0 Å². The average molecular weight is 364 g/mol. The lowest BCUT2D eigenvalue weighted by atomic mass is 9.86. The van der Waals surface area contributed by atoms with Gasteiger partial charge in [0.1, 0.15) is 11.5 Å². The maximum absolute atomic E-state index is 5.94. The van der Waals surface area contributed by atoms with Crippen LogP contribution in [0.25, 0.3) is 0 Å². The first kappa shape index (κ1) is 16.2. The zero-order valence-electron chi connectivity index (χ0n) is 14.1. The molecule has 0 bridgehead atoms. The van der Waals surface area contributed by atoms with Crippen LogP contribution in [0.4, 0.5) is 0 Å². The number of halogens is 1. The van der Waals surface area contributed by atoms with Gasteiger partial charge in [-0.15, -0.1) is 22.9 Å². The number of rotatable bonds is 4. The summed E-state index contributed by atoms with van der Waals surface area (Å²) in [5, 5.41) is 0. The van der Waals surface area contributed by atoms with Gasteiger partial charge >= 0.3 is 0 Å². The molecule has 2 aliphatic rings. The largest absolute Gasteiger partial charge is 0.496 e. The van der Waals surface area contributed by atoms with Gasteiger partial charge in [-0.05, 0) is 43.0 Å². The molecule has 3 nitrogen and oxygen atoms in total. The zero-order chi connectivity index (χ0) is 16.7. The summed E-state index contributed by atoms with van der Waals surface area (Å²) in [4.78, 5) is 5.55. The molecule has 1 aromatic carbocycles. The summed E-state index contributed by atoms with van der Waals surface area (Å²) < 4.78 is 11.2. The molecule has 1 unspecified atom stereocenters. The van der Waals surface area contributed by atoms with Gasteiger partial charge in [-0.3, -0.25) is 4.90 Å². The van der Waals surface area contributed by atoms with Crippen molar-refractivity contribution in [1.29, 1.82) is 0 Å². The van der Waals surface area contributed by atoms with Crippen LogP contribution in [0.3, 0.4) is 0 Å². The normalized spacial score (nSPS) is 19.4. The Bertz CT molecular complexity index is 758. The van der Waals surface area contributed by atoms with Gasteiger partial charge in [-0.1, -0.05) is 0 Å². The van der Waals surface area contributed by atoms with Crippen LogP contribution < -0.4 is 9.47 Å². The molecule has 0 spiro atoms. The fourth-order valence-electron chi connectivity index (χ4n) is 4.05. The van der Waals surface area contributed by atoms with E-state index in [0.29, 0.717) is 11.9 Å². The minimum absolute atomic E-state index is 0.447. The summed E-state index contributed by atoms with van der Waals surface area (Å²) in [6.45, 7) is 2.04. The second-order valence-corrected chi connectivity index (χ2v) is 8.00. The van der Waals surface area contributed by atoms with Crippen LogP contribution in [0, 0.1) is 0 Å². The van der Waals surface area contributed by atoms with Crippen molar-refractivity contribution < 1.29 is 9.47 Å². The average Bonchev–Trinajstić information content (AvgIpc) is 3.02. The molecule has 4 rings (SSSR count). The van der Waals surface area contributed by atoms with E-state index in [-0.39, 0.29) is 0 Å². The van der Waals surface area contributed by atoms with Crippen LogP contribution in [-0.4, -0.2) is 31.5 Å². The molecule has 2 aliphatic heterocycles. The lowest BCUT2D eigenvalue weighted by Crippen LogP contribution is -2.39. The van der Waals surface area contributed by atoms with E-state index < -0.39 is 0 Å². The minimum atomic E-state index is 0.447. The summed E-state index contributed by atoms with van der Waals surface area (Å²) in [6, 6.07) is 6.89. The molecule has 0 saturated carbocycles. The molecule has 0 saturated heterocycles. The molecule has 3 heterocycles. The minimum Gasteiger partial charge on any atom is -0.496 e. The van der Waals surface area contributed by atoms with E-state index in [1.54, 1.807) is 19.1 Å². The predicted molar refractivity (Wildman–Crippen MR) is 98.8 cm³/mol. The number of benzene rings is 1. The molecule has 0 radical (unpaired) electrons. The second kappa shape index (κ2) is 6.58. The van der Waals surface area contributed by atoms with Crippen LogP contribution in [0.5, 0.6) is 11.5 Å². The first-order chi connectivity index (χ1) is 11.7. The van der Waals surface area contributed by atoms with E-state index in [1.165, 1.54) is 21.6 Å². The van der Waals surface area contributed by atoms with E-state index >= 15 is 0 Å². The lowest BCUT2D eigenvalue weighted by molar-refractivity contribution is 0.158.